The van der Waals surface area contributed by atoms with Crippen molar-refractivity contribution in [2.75, 3.05) is 9.80 Å². The van der Waals surface area contributed by atoms with Gasteiger partial charge < -0.3 is 9.80 Å². The van der Waals surface area contributed by atoms with Crippen LogP contribution in [0.5, 0.6) is 0 Å². The lowest BCUT2D eigenvalue weighted by Crippen LogP contribution is -2.30. The summed E-state index contributed by atoms with van der Waals surface area (Å²) in [4.78, 5) is 4.92. The Morgan fingerprint density at radius 2 is 0.317 bits per heavy atom. The highest BCUT2D eigenvalue weighted by Gasteiger charge is 2.36. The van der Waals surface area contributed by atoms with Gasteiger partial charge in [-0.25, -0.2) is 0 Å². The lowest BCUT2D eigenvalue weighted by molar-refractivity contribution is 0.346. The molecule has 0 atom stereocenters. The van der Waals surface area contributed by atoms with Gasteiger partial charge in [-0.05, 0) is 261 Å². The molecular formula is C102H102N2. The summed E-state index contributed by atoms with van der Waals surface area (Å²) in [7, 11) is 0. The minimum Gasteiger partial charge on any atom is -0.311 e. The number of hydrogen-bond donors (Lipinski definition) is 0. The molecule has 0 saturated heterocycles. The first-order valence-corrected chi connectivity index (χ1v) is 40.3. The van der Waals surface area contributed by atoms with Crippen molar-refractivity contribution in [2.24, 2.45) is 0 Å². The minimum absolute atomic E-state index is 0.113. The second-order valence-electron chi connectivity index (χ2n) is 31.6. The Morgan fingerprint density at radius 1 is 0.163 bits per heavy atom. The molecule has 5 fully saturated rings. The van der Waals surface area contributed by atoms with Crippen molar-refractivity contribution in [1.29, 1.82) is 0 Å². The zero-order valence-electron chi connectivity index (χ0n) is 61.1. The van der Waals surface area contributed by atoms with Crippen LogP contribution < -0.4 is 9.80 Å². The molecule has 2 nitrogen and oxygen atoms in total. The van der Waals surface area contributed by atoms with Gasteiger partial charge in [-0.2, -0.15) is 0 Å². The molecule has 0 radical (unpaired) electrons. The number of hydrogen-bond acceptors (Lipinski definition) is 2. The van der Waals surface area contributed by atoms with Crippen LogP contribution in [0.2, 0.25) is 0 Å². The molecule has 0 bridgehead atoms. The van der Waals surface area contributed by atoms with E-state index in [2.05, 4.69) is 301 Å². The maximum atomic E-state index is 2.46. The van der Waals surface area contributed by atoms with Gasteiger partial charge in [0.15, 0.2) is 0 Å². The highest BCUT2D eigenvalue weighted by Crippen LogP contribution is 2.49. The lowest BCUT2D eigenvalue weighted by atomic mass is 9.65. The average Bonchev–Trinajstić information content (AvgIpc) is 0.759. The Hall–Kier alpha value is -9.76. The molecule has 17 rings (SSSR count). The van der Waals surface area contributed by atoms with Crippen LogP contribution in [0, 0.1) is 0 Å². The van der Waals surface area contributed by atoms with E-state index in [4.69, 9.17) is 0 Å². The molecule has 0 aliphatic heterocycles. The monoisotopic (exact) mass is 1350 g/mol. The van der Waals surface area contributed by atoms with Gasteiger partial charge >= 0.3 is 0 Å². The molecule has 0 N–H and O–H groups in total. The number of nitrogens with zero attached hydrogens (tertiary/aromatic N) is 2. The molecule has 0 heterocycles. The van der Waals surface area contributed by atoms with E-state index in [0.29, 0.717) is 11.8 Å². The Kier molecular flexibility index (Phi) is 20.3. The van der Waals surface area contributed by atoms with Crippen molar-refractivity contribution in [1.82, 2.24) is 0 Å². The highest BCUT2D eigenvalue weighted by atomic mass is 15.1. The van der Waals surface area contributed by atoms with Crippen molar-refractivity contribution in [3.05, 3.63) is 325 Å². The van der Waals surface area contributed by atoms with E-state index in [9.17, 15) is 0 Å². The SMILES string of the molecule is c1cc(-c2ccc(N(c3ccc(-c4ccc(C5CCCCC5)cc4)cc3)c3ccc(C4(c5ccc(N(c6ccc(-c7ccc(-c8ccc(C9CCCCC9)cc8)cc7)cc6)c6ccc(-c7ccc(C8CCCCC8)cc7)cc6)cc5)CCCCC4)cc3)cc2)ccc1-c1ccc(C2CCCCC2)cc1. The predicted octanol–water partition coefficient (Wildman–Crippen LogP) is 30.1. The first kappa shape index (κ1) is 67.4. The predicted molar refractivity (Wildman–Crippen MR) is 442 cm³/mol. The topological polar surface area (TPSA) is 6.48 Å². The van der Waals surface area contributed by atoms with Gasteiger partial charge in [0.05, 0.1) is 0 Å². The molecule has 5 aliphatic rings. The zero-order chi connectivity index (χ0) is 69.4. The Morgan fingerprint density at radius 3 is 0.510 bits per heavy atom. The van der Waals surface area contributed by atoms with Crippen LogP contribution in [0.1, 0.15) is 218 Å². The summed E-state index contributed by atoms with van der Waals surface area (Å²) in [5.41, 5.74) is 30.6. The van der Waals surface area contributed by atoms with Gasteiger partial charge in [0.2, 0.25) is 0 Å². The largest absolute Gasteiger partial charge is 0.311 e. The van der Waals surface area contributed by atoms with Crippen LogP contribution in [0.4, 0.5) is 34.1 Å². The van der Waals surface area contributed by atoms with Gasteiger partial charge in [0, 0.05) is 39.5 Å². The van der Waals surface area contributed by atoms with Crippen molar-refractivity contribution < 1.29 is 0 Å². The molecule has 0 unspecified atom stereocenters. The first-order valence-electron chi connectivity index (χ1n) is 40.3. The Balaban J connectivity index is 0.659. The third-order valence-electron chi connectivity index (χ3n) is 25.3. The fraction of sp³-hybridized carbons (Fsp3) is 0.294. The van der Waals surface area contributed by atoms with Crippen molar-refractivity contribution in [3.63, 3.8) is 0 Å². The summed E-state index contributed by atoms with van der Waals surface area (Å²) in [5, 5.41) is 0. The van der Waals surface area contributed by atoms with E-state index < -0.39 is 0 Å². The molecule has 2 heteroatoms. The fourth-order valence-corrected chi connectivity index (χ4v) is 19.1. The van der Waals surface area contributed by atoms with E-state index >= 15 is 0 Å². The molecular weight excluding hydrogens is 1250 g/mol. The number of rotatable bonds is 18. The van der Waals surface area contributed by atoms with Crippen molar-refractivity contribution in [3.8, 4) is 66.8 Å². The van der Waals surface area contributed by atoms with Crippen LogP contribution in [0.15, 0.2) is 291 Å². The lowest BCUT2D eigenvalue weighted by Gasteiger charge is -2.39. The van der Waals surface area contributed by atoms with Gasteiger partial charge in [0.25, 0.3) is 0 Å². The number of anilines is 6. The first-order chi connectivity index (χ1) is 51.5. The molecule has 12 aromatic carbocycles. The second kappa shape index (κ2) is 31.3. The van der Waals surface area contributed by atoms with Crippen LogP contribution in [-0.2, 0) is 5.41 Å². The summed E-state index contributed by atoms with van der Waals surface area (Å²) in [6.07, 6.45) is 32.9. The van der Waals surface area contributed by atoms with Crippen LogP contribution in [-0.4, -0.2) is 0 Å². The second-order valence-corrected chi connectivity index (χ2v) is 31.6. The van der Waals surface area contributed by atoms with Gasteiger partial charge in [-0.3, -0.25) is 0 Å². The Labute approximate surface area is 620 Å². The highest BCUT2D eigenvalue weighted by molar-refractivity contribution is 5.83. The summed E-state index contributed by atoms with van der Waals surface area (Å²) >= 11 is 0. The van der Waals surface area contributed by atoms with Gasteiger partial charge in [-0.1, -0.05) is 315 Å². The normalized spacial score (nSPS) is 17.0. The van der Waals surface area contributed by atoms with E-state index in [1.54, 1.807) is 0 Å². The maximum Gasteiger partial charge on any atom is 0.0462 e. The standard InChI is InChI=1S/C102H102N2/c1-6-16-74(17-7-1)78-24-32-82(33-25-78)84-40-44-88(45-41-84)92-52-64-98(65-53-92)103(96-60-48-90(49-61-96)86-36-28-80(29-37-86)76-20-10-3-11-21-76)100-68-56-94(57-69-100)102(72-14-5-15-73-102)95-58-70-101(71-59-95)104(97-62-50-91(51-63-97)87-38-30-81(31-39-87)77-22-12-4-13-23-77)99-66-54-93(55-67-99)89-46-42-85(43-47-89)83-34-26-79(27-35-83)75-18-8-2-9-19-75/h24-71,74-77H,1-23,72-73H2. The summed E-state index contributed by atoms with van der Waals surface area (Å²) in [6.45, 7) is 0. The molecule has 5 aliphatic carbocycles. The maximum absolute atomic E-state index is 2.46. The Bertz CT molecular complexity index is 4410. The van der Waals surface area contributed by atoms with Gasteiger partial charge in [-0.15, -0.1) is 0 Å². The molecule has 5 saturated carbocycles. The number of benzene rings is 12. The van der Waals surface area contributed by atoms with Crippen molar-refractivity contribution >= 4 is 34.1 Å². The zero-order valence-corrected chi connectivity index (χ0v) is 61.1. The quantitative estimate of drug-likeness (QED) is 0.0845. The molecule has 0 spiro atoms. The van der Waals surface area contributed by atoms with Crippen molar-refractivity contribution in [2.45, 2.75) is 190 Å². The fourth-order valence-electron chi connectivity index (χ4n) is 19.1. The molecule has 0 amide bonds. The van der Waals surface area contributed by atoms with Crippen LogP contribution in [0.25, 0.3) is 66.8 Å². The summed E-state index contributed by atoms with van der Waals surface area (Å²) < 4.78 is 0. The third-order valence-corrected chi connectivity index (χ3v) is 25.3. The smallest absolute Gasteiger partial charge is 0.0462 e. The average molecular weight is 1360 g/mol. The van der Waals surface area contributed by atoms with E-state index in [-0.39, 0.29) is 5.41 Å². The minimum atomic E-state index is -0.113. The van der Waals surface area contributed by atoms with E-state index in [0.717, 1.165) is 58.8 Å². The summed E-state index contributed by atoms with van der Waals surface area (Å²) in [6, 6.07) is 113. The molecule has 520 valence electrons. The molecule has 104 heavy (non-hydrogen) atoms. The summed E-state index contributed by atoms with van der Waals surface area (Å²) in [5.74, 6) is 2.83. The van der Waals surface area contributed by atoms with Crippen LogP contribution >= 0.6 is 0 Å². The van der Waals surface area contributed by atoms with Crippen LogP contribution in [0.3, 0.4) is 0 Å². The van der Waals surface area contributed by atoms with E-state index in [1.165, 1.54) is 248 Å². The molecule has 0 aromatic heterocycles. The van der Waals surface area contributed by atoms with E-state index in [1.807, 2.05) is 0 Å². The third kappa shape index (κ3) is 14.7. The van der Waals surface area contributed by atoms with Gasteiger partial charge in [0.1, 0.15) is 0 Å². The molecule has 12 aromatic rings.